The first-order chi connectivity index (χ1) is 6.63. The molecule has 0 aliphatic heterocycles. The molecular weight excluding hydrogens is 178 g/mol. The molecule has 3 atom stereocenters. The van der Waals surface area contributed by atoms with E-state index >= 15 is 0 Å². The van der Waals surface area contributed by atoms with E-state index in [1.165, 1.54) is 0 Å². The lowest BCUT2D eigenvalue weighted by Gasteiger charge is -2.24. The monoisotopic (exact) mass is 201 g/mol. The SMILES string of the molecule is CC[C@@H](O)CN(C)CC1CCCC1O. The highest BCUT2D eigenvalue weighted by molar-refractivity contribution is 4.79. The van der Waals surface area contributed by atoms with Gasteiger partial charge in [0.05, 0.1) is 12.2 Å². The van der Waals surface area contributed by atoms with Crippen molar-refractivity contribution in [3.63, 3.8) is 0 Å². The second-order valence-corrected chi connectivity index (χ2v) is 4.54. The fourth-order valence-electron chi connectivity index (χ4n) is 2.19. The Kier molecular flexibility index (Phi) is 4.85. The molecule has 0 heterocycles. The second kappa shape index (κ2) is 5.69. The molecule has 3 nitrogen and oxygen atoms in total. The van der Waals surface area contributed by atoms with Gasteiger partial charge in [-0.25, -0.2) is 0 Å². The van der Waals surface area contributed by atoms with Crippen molar-refractivity contribution in [3.05, 3.63) is 0 Å². The molecule has 2 N–H and O–H groups in total. The maximum Gasteiger partial charge on any atom is 0.0664 e. The Balaban J connectivity index is 2.22. The molecule has 0 radical (unpaired) electrons. The van der Waals surface area contributed by atoms with Crippen molar-refractivity contribution >= 4 is 0 Å². The van der Waals surface area contributed by atoms with E-state index in [1.807, 2.05) is 14.0 Å². The Morgan fingerprint density at radius 1 is 1.43 bits per heavy atom. The molecule has 1 aliphatic rings. The standard InChI is InChI=1S/C11H23NO2/c1-3-10(13)8-12(2)7-9-5-4-6-11(9)14/h9-11,13-14H,3-8H2,1-2H3/t9?,10-,11?/m1/s1. The van der Waals surface area contributed by atoms with Crippen LogP contribution in [-0.2, 0) is 0 Å². The van der Waals surface area contributed by atoms with Gasteiger partial charge in [0.25, 0.3) is 0 Å². The van der Waals surface area contributed by atoms with E-state index in [-0.39, 0.29) is 12.2 Å². The summed E-state index contributed by atoms with van der Waals surface area (Å²) >= 11 is 0. The van der Waals surface area contributed by atoms with Gasteiger partial charge < -0.3 is 15.1 Å². The summed E-state index contributed by atoms with van der Waals surface area (Å²) in [5.74, 6) is 0.420. The molecule has 0 aromatic rings. The lowest BCUT2D eigenvalue weighted by atomic mass is 10.1. The molecule has 1 rings (SSSR count). The summed E-state index contributed by atoms with van der Waals surface area (Å²) in [5, 5.41) is 19.1. The molecule has 14 heavy (non-hydrogen) atoms. The van der Waals surface area contributed by atoms with Crippen LogP contribution in [0.1, 0.15) is 32.6 Å². The molecule has 1 saturated carbocycles. The Labute approximate surface area is 86.7 Å². The highest BCUT2D eigenvalue weighted by Crippen LogP contribution is 2.25. The fraction of sp³-hybridized carbons (Fsp3) is 1.00. The van der Waals surface area contributed by atoms with E-state index in [0.717, 1.165) is 38.8 Å². The number of aliphatic hydroxyl groups excluding tert-OH is 2. The van der Waals surface area contributed by atoms with Crippen molar-refractivity contribution in [1.82, 2.24) is 4.90 Å². The Morgan fingerprint density at radius 2 is 2.14 bits per heavy atom. The number of likely N-dealkylation sites (N-methyl/N-ethyl adjacent to an activating group) is 1. The normalized spacial score (nSPS) is 29.8. The number of aliphatic hydroxyl groups is 2. The highest BCUT2D eigenvalue weighted by Gasteiger charge is 2.26. The zero-order valence-electron chi connectivity index (χ0n) is 9.32. The first kappa shape index (κ1) is 12.0. The van der Waals surface area contributed by atoms with Crippen LogP contribution in [0.25, 0.3) is 0 Å². The van der Waals surface area contributed by atoms with Gasteiger partial charge in [-0.15, -0.1) is 0 Å². The summed E-state index contributed by atoms with van der Waals surface area (Å²) in [7, 11) is 2.02. The largest absolute Gasteiger partial charge is 0.393 e. The van der Waals surface area contributed by atoms with Crippen LogP contribution in [0.15, 0.2) is 0 Å². The maximum atomic E-state index is 9.64. The molecule has 2 unspecified atom stereocenters. The predicted octanol–water partition coefficient (Wildman–Crippen LogP) is 0.850. The zero-order chi connectivity index (χ0) is 10.6. The molecule has 0 aromatic carbocycles. The summed E-state index contributed by atoms with van der Waals surface area (Å²) in [6.45, 7) is 3.63. The average Bonchev–Trinajstić information content (AvgIpc) is 2.51. The van der Waals surface area contributed by atoms with E-state index in [4.69, 9.17) is 0 Å². The van der Waals surface area contributed by atoms with Gasteiger partial charge in [0, 0.05) is 13.1 Å². The van der Waals surface area contributed by atoms with Crippen molar-refractivity contribution < 1.29 is 10.2 Å². The first-order valence-corrected chi connectivity index (χ1v) is 5.68. The van der Waals surface area contributed by atoms with E-state index in [9.17, 15) is 10.2 Å². The third-order valence-electron chi connectivity index (χ3n) is 3.16. The first-order valence-electron chi connectivity index (χ1n) is 5.68. The van der Waals surface area contributed by atoms with Crippen molar-refractivity contribution in [1.29, 1.82) is 0 Å². The van der Waals surface area contributed by atoms with Gasteiger partial charge in [0.15, 0.2) is 0 Å². The summed E-state index contributed by atoms with van der Waals surface area (Å²) in [6, 6.07) is 0. The number of hydrogen-bond acceptors (Lipinski definition) is 3. The quantitative estimate of drug-likeness (QED) is 0.693. The molecule has 84 valence electrons. The summed E-state index contributed by atoms with van der Waals surface area (Å²) in [4.78, 5) is 2.13. The van der Waals surface area contributed by atoms with Crippen molar-refractivity contribution in [2.24, 2.45) is 5.92 Å². The van der Waals surface area contributed by atoms with Crippen LogP contribution in [0.4, 0.5) is 0 Å². The van der Waals surface area contributed by atoms with Crippen LogP contribution < -0.4 is 0 Å². The minimum absolute atomic E-state index is 0.115. The number of nitrogens with zero attached hydrogens (tertiary/aromatic N) is 1. The van der Waals surface area contributed by atoms with Gasteiger partial charge in [0.1, 0.15) is 0 Å². The molecule has 0 amide bonds. The van der Waals surface area contributed by atoms with Crippen LogP contribution in [0, 0.1) is 5.92 Å². The van der Waals surface area contributed by atoms with Gasteiger partial charge in [-0.2, -0.15) is 0 Å². The van der Waals surface area contributed by atoms with E-state index in [0.29, 0.717) is 5.92 Å². The van der Waals surface area contributed by atoms with Gasteiger partial charge in [0.2, 0.25) is 0 Å². The van der Waals surface area contributed by atoms with Crippen molar-refractivity contribution in [2.75, 3.05) is 20.1 Å². The third kappa shape index (κ3) is 3.56. The molecule has 0 aromatic heterocycles. The lowest BCUT2D eigenvalue weighted by molar-refractivity contribution is 0.0809. The number of rotatable bonds is 5. The minimum atomic E-state index is -0.224. The molecule has 0 spiro atoms. The van der Waals surface area contributed by atoms with Crippen LogP contribution in [0.2, 0.25) is 0 Å². The topological polar surface area (TPSA) is 43.7 Å². The smallest absolute Gasteiger partial charge is 0.0664 e. The van der Waals surface area contributed by atoms with Gasteiger partial charge >= 0.3 is 0 Å². The molecule has 3 heteroatoms. The van der Waals surface area contributed by atoms with E-state index in [1.54, 1.807) is 0 Å². The van der Waals surface area contributed by atoms with Crippen molar-refractivity contribution in [2.45, 2.75) is 44.8 Å². The highest BCUT2D eigenvalue weighted by atomic mass is 16.3. The Morgan fingerprint density at radius 3 is 2.64 bits per heavy atom. The summed E-state index contributed by atoms with van der Waals surface area (Å²) in [5.41, 5.74) is 0. The maximum absolute atomic E-state index is 9.64. The number of hydrogen-bond donors (Lipinski definition) is 2. The van der Waals surface area contributed by atoms with Crippen LogP contribution in [0.5, 0.6) is 0 Å². The summed E-state index contributed by atoms with van der Waals surface area (Å²) in [6.07, 6.45) is 3.70. The predicted molar refractivity (Wildman–Crippen MR) is 57.1 cm³/mol. The fourth-order valence-corrected chi connectivity index (χ4v) is 2.19. The average molecular weight is 201 g/mol. The minimum Gasteiger partial charge on any atom is -0.393 e. The Hall–Kier alpha value is -0.120. The zero-order valence-corrected chi connectivity index (χ0v) is 9.32. The van der Waals surface area contributed by atoms with Gasteiger partial charge in [-0.1, -0.05) is 13.3 Å². The molecule has 1 fully saturated rings. The van der Waals surface area contributed by atoms with E-state index < -0.39 is 0 Å². The van der Waals surface area contributed by atoms with Crippen LogP contribution in [-0.4, -0.2) is 47.5 Å². The molecular formula is C11H23NO2. The molecule has 0 bridgehead atoms. The van der Waals surface area contributed by atoms with Gasteiger partial charge in [-0.3, -0.25) is 0 Å². The Bertz CT molecular complexity index is 163. The second-order valence-electron chi connectivity index (χ2n) is 4.54. The van der Waals surface area contributed by atoms with Crippen molar-refractivity contribution in [3.8, 4) is 0 Å². The van der Waals surface area contributed by atoms with Gasteiger partial charge in [-0.05, 0) is 32.2 Å². The van der Waals surface area contributed by atoms with E-state index in [2.05, 4.69) is 4.90 Å². The van der Waals surface area contributed by atoms with Crippen LogP contribution >= 0.6 is 0 Å². The summed E-state index contributed by atoms with van der Waals surface area (Å²) < 4.78 is 0. The lowest BCUT2D eigenvalue weighted by Crippen LogP contribution is -2.35. The molecule has 0 saturated heterocycles. The third-order valence-corrected chi connectivity index (χ3v) is 3.16. The molecule has 1 aliphatic carbocycles. The van der Waals surface area contributed by atoms with Crippen LogP contribution in [0.3, 0.4) is 0 Å².